The molecule has 0 amide bonds. The Bertz CT molecular complexity index is 352. The van der Waals surface area contributed by atoms with Crippen LogP contribution in [0.5, 0.6) is 0 Å². The van der Waals surface area contributed by atoms with E-state index in [-0.39, 0.29) is 5.82 Å². The zero-order chi connectivity index (χ0) is 10.7. The van der Waals surface area contributed by atoms with Crippen LogP contribution in [0.25, 0.3) is 0 Å². The highest BCUT2D eigenvalue weighted by molar-refractivity contribution is 5.75. The average Bonchev–Trinajstić information content (AvgIpc) is 2.16. The lowest BCUT2D eigenvalue weighted by atomic mass is 9.99. The first kappa shape index (κ1) is 10.7. The summed E-state index contributed by atoms with van der Waals surface area (Å²) in [7, 11) is 0. The van der Waals surface area contributed by atoms with Crippen molar-refractivity contribution in [1.29, 1.82) is 0 Å². The molecule has 0 heterocycles. The van der Waals surface area contributed by atoms with Crippen molar-refractivity contribution < 1.29 is 14.3 Å². The highest BCUT2D eigenvalue weighted by atomic mass is 19.1. The van der Waals surface area contributed by atoms with Gasteiger partial charge in [0.1, 0.15) is 11.9 Å². The first-order valence-electron chi connectivity index (χ1n) is 4.33. The summed E-state index contributed by atoms with van der Waals surface area (Å²) < 4.78 is 12.8. The van der Waals surface area contributed by atoms with Crippen molar-refractivity contribution in [3.8, 4) is 0 Å². The number of carboxylic acids is 1. The molecule has 0 saturated carbocycles. The third-order valence-electron chi connectivity index (χ3n) is 2.09. The molecule has 0 aliphatic heterocycles. The van der Waals surface area contributed by atoms with Gasteiger partial charge in [0, 0.05) is 0 Å². The smallest absolute Gasteiger partial charge is 0.325 e. The van der Waals surface area contributed by atoms with Crippen LogP contribution in [0.1, 0.15) is 24.1 Å². The molecule has 1 aromatic rings. The van der Waals surface area contributed by atoms with E-state index in [1.807, 2.05) is 6.92 Å². The van der Waals surface area contributed by atoms with Gasteiger partial charge < -0.3 is 10.8 Å². The van der Waals surface area contributed by atoms with Crippen LogP contribution in [0, 0.1) is 5.82 Å². The first-order chi connectivity index (χ1) is 6.56. The monoisotopic (exact) mass is 197 g/mol. The Morgan fingerprint density at radius 3 is 2.79 bits per heavy atom. The lowest BCUT2D eigenvalue weighted by Crippen LogP contribution is -2.22. The molecular formula is C10H12FNO2. The molecule has 3 nitrogen and oxygen atoms in total. The van der Waals surface area contributed by atoms with Gasteiger partial charge in [0.2, 0.25) is 0 Å². The Kier molecular flexibility index (Phi) is 3.19. The summed E-state index contributed by atoms with van der Waals surface area (Å²) in [5, 5.41) is 8.71. The van der Waals surface area contributed by atoms with Crippen molar-refractivity contribution in [2.75, 3.05) is 0 Å². The second-order valence-electron chi connectivity index (χ2n) is 3.01. The minimum atomic E-state index is -1.11. The Labute approximate surface area is 81.4 Å². The molecule has 76 valence electrons. The molecule has 0 unspecified atom stereocenters. The Balaban J connectivity index is 3.13. The average molecular weight is 197 g/mol. The number of carbonyl (C=O) groups is 1. The summed E-state index contributed by atoms with van der Waals surface area (Å²) in [6, 6.07) is 2.88. The zero-order valence-corrected chi connectivity index (χ0v) is 7.83. The van der Waals surface area contributed by atoms with E-state index in [0.29, 0.717) is 17.5 Å². The van der Waals surface area contributed by atoms with Crippen molar-refractivity contribution in [1.82, 2.24) is 0 Å². The third kappa shape index (κ3) is 2.09. The van der Waals surface area contributed by atoms with E-state index in [0.717, 1.165) is 0 Å². The van der Waals surface area contributed by atoms with Gasteiger partial charge in [-0.1, -0.05) is 13.0 Å². The van der Waals surface area contributed by atoms with E-state index in [1.54, 1.807) is 0 Å². The SMILES string of the molecule is CCc1cc(F)ccc1[C@@H](N)C(=O)O. The summed E-state index contributed by atoms with van der Waals surface area (Å²) in [6.45, 7) is 1.83. The first-order valence-corrected chi connectivity index (χ1v) is 4.33. The van der Waals surface area contributed by atoms with E-state index in [4.69, 9.17) is 10.8 Å². The van der Waals surface area contributed by atoms with Crippen LogP contribution in [-0.4, -0.2) is 11.1 Å². The predicted octanol–water partition coefficient (Wildman–Crippen LogP) is 1.47. The van der Waals surface area contributed by atoms with Crippen molar-refractivity contribution in [2.45, 2.75) is 19.4 Å². The summed E-state index contributed by atoms with van der Waals surface area (Å²) in [6.07, 6.45) is 0.564. The molecule has 3 N–H and O–H groups in total. The van der Waals surface area contributed by atoms with Crippen LogP contribution in [-0.2, 0) is 11.2 Å². The fourth-order valence-corrected chi connectivity index (χ4v) is 1.32. The van der Waals surface area contributed by atoms with Crippen LogP contribution >= 0.6 is 0 Å². The van der Waals surface area contributed by atoms with Gasteiger partial charge in [0.25, 0.3) is 0 Å². The second kappa shape index (κ2) is 4.19. The minimum absolute atomic E-state index is 0.372. The number of benzene rings is 1. The molecule has 4 heteroatoms. The van der Waals surface area contributed by atoms with Gasteiger partial charge in [0.05, 0.1) is 0 Å². The van der Waals surface area contributed by atoms with Crippen LogP contribution < -0.4 is 5.73 Å². The van der Waals surface area contributed by atoms with Crippen molar-refractivity contribution in [2.24, 2.45) is 5.73 Å². The Morgan fingerprint density at radius 1 is 1.64 bits per heavy atom. The summed E-state index contributed by atoms with van der Waals surface area (Å²) in [5.74, 6) is -1.48. The number of hydrogen-bond donors (Lipinski definition) is 2. The van der Waals surface area contributed by atoms with E-state index in [9.17, 15) is 9.18 Å². The third-order valence-corrected chi connectivity index (χ3v) is 2.09. The van der Waals surface area contributed by atoms with E-state index in [1.165, 1.54) is 18.2 Å². The molecular weight excluding hydrogens is 185 g/mol. The van der Waals surface area contributed by atoms with Gasteiger partial charge in [-0.25, -0.2) is 4.39 Å². The van der Waals surface area contributed by atoms with Gasteiger partial charge in [0.15, 0.2) is 0 Å². The number of hydrogen-bond acceptors (Lipinski definition) is 2. The maximum Gasteiger partial charge on any atom is 0.325 e. The molecule has 0 fully saturated rings. The fourth-order valence-electron chi connectivity index (χ4n) is 1.32. The second-order valence-corrected chi connectivity index (χ2v) is 3.01. The largest absolute Gasteiger partial charge is 0.480 e. The van der Waals surface area contributed by atoms with Crippen LogP contribution in [0.2, 0.25) is 0 Å². The lowest BCUT2D eigenvalue weighted by Gasteiger charge is -2.11. The molecule has 0 saturated heterocycles. The number of carboxylic acid groups (broad SMARTS) is 1. The van der Waals surface area contributed by atoms with Gasteiger partial charge >= 0.3 is 5.97 Å². The van der Waals surface area contributed by atoms with Gasteiger partial charge in [-0.15, -0.1) is 0 Å². The number of aryl methyl sites for hydroxylation is 1. The van der Waals surface area contributed by atoms with Crippen LogP contribution in [0.15, 0.2) is 18.2 Å². The van der Waals surface area contributed by atoms with Gasteiger partial charge in [-0.05, 0) is 29.7 Å². The molecule has 0 aromatic heterocycles. The maximum atomic E-state index is 12.8. The number of aliphatic carboxylic acids is 1. The van der Waals surface area contributed by atoms with Crippen LogP contribution in [0.4, 0.5) is 4.39 Å². The Morgan fingerprint density at radius 2 is 2.29 bits per heavy atom. The Hall–Kier alpha value is -1.42. The number of nitrogens with two attached hydrogens (primary N) is 1. The number of halogens is 1. The van der Waals surface area contributed by atoms with Gasteiger partial charge in [-0.2, -0.15) is 0 Å². The summed E-state index contributed by atoms with van der Waals surface area (Å²) in [4.78, 5) is 10.6. The van der Waals surface area contributed by atoms with E-state index < -0.39 is 12.0 Å². The summed E-state index contributed by atoms with van der Waals surface area (Å²) in [5.41, 5.74) is 6.55. The fraction of sp³-hybridized carbons (Fsp3) is 0.300. The lowest BCUT2D eigenvalue weighted by molar-refractivity contribution is -0.138. The highest BCUT2D eigenvalue weighted by Crippen LogP contribution is 2.18. The number of rotatable bonds is 3. The van der Waals surface area contributed by atoms with E-state index >= 15 is 0 Å². The molecule has 0 bridgehead atoms. The van der Waals surface area contributed by atoms with Crippen molar-refractivity contribution in [3.63, 3.8) is 0 Å². The molecule has 1 rings (SSSR count). The standard InChI is InChI=1S/C10H12FNO2/c1-2-6-5-7(11)3-4-8(6)9(12)10(13)14/h3-5,9H,2,12H2,1H3,(H,13,14)/t9-/m1/s1. The molecule has 1 atom stereocenters. The van der Waals surface area contributed by atoms with E-state index in [2.05, 4.69) is 0 Å². The van der Waals surface area contributed by atoms with Crippen molar-refractivity contribution in [3.05, 3.63) is 35.1 Å². The molecule has 0 radical (unpaired) electrons. The molecule has 14 heavy (non-hydrogen) atoms. The summed E-state index contributed by atoms with van der Waals surface area (Å²) >= 11 is 0. The minimum Gasteiger partial charge on any atom is -0.480 e. The van der Waals surface area contributed by atoms with Gasteiger partial charge in [-0.3, -0.25) is 4.79 Å². The molecule has 0 aliphatic rings. The topological polar surface area (TPSA) is 63.3 Å². The van der Waals surface area contributed by atoms with Crippen LogP contribution in [0.3, 0.4) is 0 Å². The molecule has 0 aliphatic carbocycles. The predicted molar refractivity (Wildman–Crippen MR) is 50.3 cm³/mol. The quantitative estimate of drug-likeness (QED) is 0.771. The highest BCUT2D eigenvalue weighted by Gasteiger charge is 2.17. The maximum absolute atomic E-state index is 12.8. The zero-order valence-electron chi connectivity index (χ0n) is 7.83. The van der Waals surface area contributed by atoms with Crippen molar-refractivity contribution >= 4 is 5.97 Å². The molecule has 1 aromatic carbocycles. The normalized spacial score (nSPS) is 12.5. The molecule has 0 spiro atoms.